The first-order chi connectivity index (χ1) is 19.2. The van der Waals surface area contributed by atoms with E-state index in [0.717, 1.165) is 51.4 Å². The van der Waals surface area contributed by atoms with E-state index in [9.17, 15) is 18.0 Å². The quantitative estimate of drug-likeness (QED) is 0.201. The van der Waals surface area contributed by atoms with Crippen LogP contribution in [0.3, 0.4) is 0 Å². The maximum absolute atomic E-state index is 13.7. The van der Waals surface area contributed by atoms with E-state index in [2.05, 4.69) is 18.7 Å². The molecule has 8 nitrogen and oxygen atoms in total. The van der Waals surface area contributed by atoms with Gasteiger partial charge in [-0.1, -0.05) is 77.3 Å². The van der Waals surface area contributed by atoms with Gasteiger partial charge in [-0.15, -0.1) is 0 Å². The molecule has 1 aromatic carbocycles. The van der Waals surface area contributed by atoms with Crippen LogP contribution >= 0.6 is 0 Å². The third kappa shape index (κ3) is 7.43. The Morgan fingerprint density at radius 2 is 1.57 bits per heavy atom. The standard InChI is InChI=1S/C31H44N2O6S/c1-6-10-20-32(21-11-7-2)26(9-4)39-31-29(33(22-12-8-3)40(5,36)37)28-25(38-31)19-18-24(34)27(28)30(35)23-16-14-13-15-17-23/h13-17,19,26H,6-12,18,20-22H2,1-5H3. The Labute approximate surface area is 238 Å². The van der Waals surface area contributed by atoms with Crippen molar-refractivity contribution in [2.45, 2.75) is 85.3 Å². The predicted octanol–water partition coefficient (Wildman–Crippen LogP) is 4.65. The molecule has 40 heavy (non-hydrogen) atoms. The lowest BCUT2D eigenvalue weighted by Gasteiger charge is -2.31. The molecule has 1 unspecified atom stereocenters. The van der Waals surface area contributed by atoms with Crippen LogP contribution < -0.4 is 19.7 Å². The second-order valence-electron chi connectivity index (χ2n) is 10.3. The summed E-state index contributed by atoms with van der Waals surface area (Å²) in [5.41, 5.74) is 0.713. The Kier molecular flexibility index (Phi) is 11.6. The smallest absolute Gasteiger partial charge is 0.312 e. The van der Waals surface area contributed by atoms with E-state index in [4.69, 9.17) is 9.15 Å². The molecule has 0 aliphatic heterocycles. The number of sulfonamides is 1. The van der Waals surface area contributed by atoms with E-state index in [1.165, 1.54) is 4.31 Å². The lowest BCUT2D eigenvalue weighted by molar-refractivity contribution is -0.112. The van der Waals surface area contributed by atoms with Crippen LogP contribution in [0.1, 0.15) is 89.4 Å². The van der Waals surface area contributed by atoms with Gasteiger partial charge >= 0.3 is 5.95 Å². The monoisotopic (exact) mass is 572 g/mol. The minimum absolute atomic E-state index is 0.0164. The first-order valence-corrected chi connectivity index (χ1v) is 16.4. The Morgan fingerprint density at radius 3 is 2.12 bits per heavy atom. The van der Waals surface area contributed by atoms with Crippen molar-refractivity contribution in [2.75, 3.05) is 30.2 Å². The topological polar surface area (TPSA) is 97.1 Å². The number of Topliss-reactive ketones (excluding diaryl/α,β-unsaturated/α-hetero) is 2. The molecule has 1 aromatic heterocycles. The number of hydrogen-bond acceptors (Lipinski definition) is 7. The molecule has 0 bridgehead atoms. The molecule has 220 valence electrons. The molecule has 0 spiro atoms. The largest absolute Gasteiger partial charge is 0.444 e. The van der Waals surface area contributed by atoms with Crippen molar-refractivity contribution in [3.63, 3.8) is 0 Å². The van der Waals surface area contributed by atoms with Crippen molar-refractivity contribution in [2.24, 2.45) is 0 Å². The van der Waals surface area contributed by atoms with Gasteiger partial charge in [0.1, 0.15) is 11.1 Å². The highest BCUT2D eigenvalue weighted by molar-refractivity contribution is 7.92. The van der Waals surface area contributed by atoms with Gasteiger partial charge in [0.15, 0.2) is 17.8 Å². The molecule has 1 aliphatic rings. The number of furan rings is 1. The fraction of sp³-hybridized carbons (Fsp3) is 0.548. The number of anilines is 1. The van der Waals surface area contributed by atoms with Crippen molar-refractivity contribution in [1.29, 1.82) is 0 Å². The van der Waals surface area contributed by atoms with Gasteiger partial charge in [-0.2, -0.15) is 0 Å². The summed E-state index contributed by atoms with van der Waals surface area (Å²) < 4.78 is 40.4. The summed E-state index contributed by atoms with van der Waals surface area (Å²) in [6.45, 7) is 10.1. The third-order valence-corrected chi connectivity index (χ3v) is 8.27. The average molecular weight is 573 g/mol. The Balaban J connectivity index is 2.29. The van der Waals surface area contributed by atoms with Crippen LogP contribution in [0, 0.1) is 0 Å². The molecule has 0 fully saturated rings. The second-order valence-corrected chi connectivity index (χ2v) is 12.2. The number of carbonyl (C=O) groups is 2. The zero-order valence-corrected chi connectivity index (χ0v) is 25.4. The van der Waals surface area contributed by atoms with E-state index in [-0.39, 0.29) is 52.8 Å². The number of unbranched alkanes of at least 4 members (excludes halogenated alkanes) is 3. The van der Waals surface area contributed by atoms with Gasteiger partial charge in [-0.05, 0) is 31.8 Å². The van der Waals surface area contributed by atoms with Crippen LogP contribution in [0.4, 0.5) is 5.69 Å². The molecule has 0 N–H and O–H groups in total. The van der Waals surface area contributed by atoms with Gasteiger partial charge in [-0.25, -0.2) is 8.42 Å². The lowest BCUT2D eigenvalue weighted by atomic mass is 9.93. The molecule has 0 saturated heterocycles. The van der Waals surface area contributed by atoms with Gasteiger partial charge in [0.25, 0.3) is 0 Å². The molecule has 9 heteroatoms. The van der Waals surface area contributed by atoms with E-state index < -0.39 is 15.8 Å². The van der Waals surface area contributed by atoms with Crippen LogP contribution in [-0.2, 0) is 14.8 Å². The number of benzene rings is 1. The molecular weight excluding hydrogens is 528 g/mol. The highest BCUT2D eigenvalue weighted by atomic mass is 32.2. The van der Waals surface area contributed by atoms with Crippen molar-refractivity contribution in [3.05, 3.63) is 46.5 Å². The average Bonchev–Trinajstić information content (AvgIpc) is 3.29. The summed E-state index contributed by atoms with van der Waals surface area (Å²) in [5.74, 6) is -0.809. The second kappa shape index (κ2) is 14.6. The predicted molar refractivity (Wildman–Crippen MR) is 159 cm³/mol. The minimum Gasteiger partial charge on any atom is -0.444 e. The van der Waals surface area contributed by atoms with Gasteiger partial charge in [0, 0.05) is 31.6 Å². The summed E-state index contributed by atoms with van der Waals surface area (Å²) in [6, 6.07) is 8.56. The number of rotatable bonds is 17. The normalized spacial score (nSPS) is 14.2. The van der Waals surface area contributed by atoms with Crippen molar-refractivity contribution in [1.82, 2.24) is 4.90 Å². The zero-order valence-electron chi connectivity index (χ0n) is 24.6. The summed E-state index contributed by atoms with van der Waals surface area (Å²) in [4.78, 5) is 29.3. The van der Waals surface area contributed by atoms with E-state index in [1.54, 1.807) is 36.4 Å². The SMILES string of the molecule is CCCCN(CCCC)C(CC)Oc1oc2c(c1N(CCCC)S(C)(=O)=O)=C(C(=O)c1ccccc1)C(=O)CC=2. The Hall–Kier alpha value is -2.91. The highest BCUT2D eigenvalue weighted by Gasteiger charge is 2.34. The van der Waals surface area contributed by atoms with Crippen LogP contribution in [0.2, 0.25) is 0 Å². The minimum atomic E-state index is -3.81. The third-order valence-electron chi connectivity index (χ3n) is 7.11. The molecule has 1 atom stereocenters. The molecule has 1 heterocycles. The molecule has 3 rings (SSSR count). The van der Waals surface area contributed by atoms with E-state index in [0.29, 0.717) is 18.4 Å². The number of nitrogens with zero attached hydrogens (tertiary/aromatic N) is 2. The van der Waals surface area contributed by atoms with E-state index >= 15 is 0 Å². The highest BCUT2D eigenvalue weighted by Crippen LogP contribution is 2.31. The van der Waals surface area contributed by atoms with Crippen molar-refractivity contribution < 1.29 is 27.2 Å². The molecule has 0 amide bonds. The van der Waals surface area contributed by atoms with Gasteiger partial charge < -0.3 is 9.15 Å². The van der Waals surface area contributed by atoms with Crippen LogP contribution in [-0.4, -0.2) is 57.0 Å². The summed E-state index contributed by atoms with van der Waals surface area (Å²) in [7, 11) is -3.81. The lowest BCUT2D eigenvalue weighted by Crippen LogP contribution is -2.42. The molecule has 2 aromatic rings. The van der Waals surface area contributed by atoms with Gasteiger partial charge in [-0.3, -0.25) is 18.8 Å². The summed E-state index contributed by atoms with van der Waals surface area (Å²) in [6.07, 6.45) is 8.44. The fourth-order valence-corrected chi connectivity index (χ4v) is 5.88. The van der Waals surface area contributed by atoms with Crippen LogP contribution in [0.15, 0.2) is 34.7 Å². The molecule has 0 radical (unpaired) electrons. The summed E-state index contributed by atoms with van der Waals surface area (Å²) in [5, 5.41) is 0.199. The fourth-order valence-electron chi connectivity index (χ4n) is 4.92. The number of fused-ring (bicyclic) bond motifs is 1. The zero-order chi connectivity index (χ0) is 29.3. The van der Waals surface area contributed by atoms with Gasteiger partial charge in [0.05, 0.1) is 17.0 Å². The van der Waals surface area contributed by atoms with Crippen LogP contribution in [0.5, 0.6) is 5.95 Å². The first kappa shape index (κ1) is 31.6. The van der Waals surface area contributed by atoms with Crippen molar-refractivity contribution in [3.8, 4) is 5.95 Å². The first-order valence-electron chi connectivity index (χ1n) is 14.6. The van der Waals surface area contributed by atoms with Crippen LogP contribution in [0.25, 0.3) is 11.6 Å². The van der Waals surface area contributed by atoms with E-state index in [1.807, 2.05) is 13.8 Å². The van der Waals surface area contributed by atoms with Crippen molar-refractivity contribution >= 4 is 38.9 Å². The summed E-state index contributed by atoms with van der Waals surface area (Å²) >= 11 is 0. The van der Waals surface area contributed by atoms with Gasteiger partial charge in [0.2, 0.25) is 10.0 Å². The molecule has 1 aliphatic carbocycles. The number of hydrogen-bond donors (Lipinski definition) is 0. The Bertz CT molecular complexity index is 1370. The maximum Gasteiger partial charge on any atom is 0.312 e. The number of ether oxygens (including phenoxy) is 1. The Morgan fingerprint density at radius 1 is 0.975 bits per heavy atom. The number of ketones is 2. The molecular formula is C31H44N2O6S. The number of carbonyl (C=O) groups excluding carboxylic acids is 2. The maximum atomic E-state index is 13.7. The molecule has 0 saturated carbocycles.